The molecule has 0 fully saturated rings. The number of para-hydroxylation sites is 2. The van der Waals surface area contributed by atoms with E-state index in [1.54, 1.807) is 23.5 Å². The molecule has 0 aliphatic heterocycles. The molecule has 0 spiro atoms. The Balaban J connectivity index is 1.71. The van der Waals surface area contributed by atoms with Gasteiger partial charge in [-0.15, -0.1) is 28.6 Å². The lowest BCUT2D eigenvalue weighted by Crippen LogP contribution is -2.09. The highest BCUT2D eigenvalue weighted by molar-refractivity contribution is 8.01. The summed E-state index contributed by atoms with van der Waals surface area (Å²) >= 11 is 3.51. The van der Waals surface area contributed by atoms with E-state index in [4.69, 9.17) is 0 Å². The van der Waals surface area contributed by atoms with Crippen molar-refractivity contribution < 1.29 is 0 Å². The average Bonchev–Trinajstić information content (AvgIpc) is 3.26. The lowest BCUT2D eigenvalue weighted by atomic mass is 10.2. The Morgan fingerprint density at radius 2 is 1.37 bits per heavy atom. The summed E-state index contributed by atoms with van der Waals surface area (Å²) in [5.41, 5.74) is 4.44. The minimum atomic E-state index is 0.636. The Kier molecular flexibility index (Phi) is 4.10. The van der Waals surface area contributed by atoms with Crippen LogP contribution >= 0.6 is 23.5 Å². The molecule has 2 heterocycles. The van der Waals surface area contributed by atoms with Crippen LogP contribution in [-0.2, 0) is 6.67 Å². The molecule has 2 aromatic heterocycles. The summed E-state index contributed by atoms with van der Waals surface area (Å²) in [6.07, 6.45) is 4.21. The number of rotatable bonds is 4. The number of benzene rings is 3. The zero-order valence-corrected chi connectivity index (χ0v) is 16.7. The SMILES string of the molecule is CSc1cc2nnn(Cn3c4ccccc4c4ccccc43)c2cc1SC. The first-order valence-corrected chi connectivity index (χ1v) is 11.2. The zero-order valence-electron chi connectivity index (χ0n) is 15.1. The van der Waals surface area contributed by atoms with E-state index in [1.165, 1.54) is 31.6 Å². The second-order valence-electron chi connectivity index (χ2n) is 6.39. The number of thioether (sulfide) groups is 2. The molecule has 0 bridgehead atoms. The summed E-state index contributed by atoms with van der Waals surface area (Å²) in [6.45, 7) is 0.636. The monoisotopic (exact) mass is 390 g/mol. The van der Waals surface area contributed by atoms with Gasteiger partial charge in [-0.3, -0.25) is 0 Å². The van der Waals surface area contributed by atoms with Crippen LogP contribution < -0.4 is 0 Å². The van der Waals surface area contributed by atoms with Gasteiger partial charge in [0.1, 0.15) is 12.2 Å². The molecule has 5 aromatic rings. The van der Waals surface area contributed by atoms with Gasteiger partial charge >= 0.3 is 0 Å². The van der Waals surface area contributed by atoms with Crippen molar-refractivity contribution in [1.29, 1.82) is 0 Å². The van der Waals surface area contributed by atoms with Crippen molar-refractivity contribution in [2.24, 2.45) is 0 Å². The van der Waals surface area contributed by atoms with Crippen LogP contribution in [0, 0.1) is 0 Å². The van der Waals surface area contributed by atoms with E-state index in [0.29, 0.717) is 6.67 Å². The molecule has 134 valence electrons. The average molecular weight is 391 g/mol. The Labute approximate surface area is 165 Å². The molecule has 0 N–H and O–H groups in total. The first-order valence-electron chi connectivity index (χ1n) is 8.71. The zero-order chi connectivity index (χ0) is 18.4. The van der Waals surface area contributed by atoms with Crippen molar-refractivity contribution >= 4 is 56.4 Å². The molecular weight excluding hydrogens is 372 g/mol. The highest BCUT2D eigenvalue weighted by Crippen LogP contribution is 2.33. The third-order valence-corrected chi connectivity index (χ3v) is 6.66. The van der Waals surface area contributed by atoms with Crippen LogP contribution in [0.5, 0.6) is 0 Å². The molecule has 3 aromatic carbocycles. The van der Waals surface area contributed by atoms with Crippen LogP contribution in [0.2, 0.25) is 0 Å². The predicted molar refractivity (Wildman–Crippen MR) is 116 cm³/mol. The van der Waals surface area contributed by atoms with E-state index in [9.17, 15) is 0 Å². The van der Waals surface area contributed by atoms with Crippen molar-refractivity contribution in [3.05, 3.63) is 60.7 Å². The maximum absolute atomic E-state index is 4.46. The van der Waals surface area contributed by atoms with Gasteiger partial charge in [0, 0.05) is 20.6 Å². The minimum Gasteiger partial charge on any atom is -0.320 e. The van der Waals surface area contributed by atoms with Gasteiger partial charge in [0.15, 0.2) is 0 Å². The van der Waals surface area contributed by atoms with Gasteiger partial charge in [-0.1, -0.05) is 41.6 Å². The summed E-state index contributed by atoms with van der Waals surface area (Å²) in [5, 5.41) is 11.4. The molecule has 0 radical (unpaired) electrons. The largest absolute Gasteiger partial charge is 0.320 e. The fourth-order valence-corrected chi connectivity index (χ4v) is 5.17. The number of fused-ring (bicyclic) bond motifs is 4. The van der Waals surface area contributed by atoms with Gasteiger partial charge < -0.3 is 4.57 Å². The Hall–Kier alpha value is -2.44. The molecule has 0 aliphatic carbocycles. The molecule has 4 nitrogen and oxygen atoms in total. The molecule has 0 atom stereocenters. The summed E-state index contributed by atoms with van der Waals surface area (Å²) < 4.78 is 4.32. The molecule has 0 saturated heterocycles. The van der Waals surface area contributed by atoms with Crippen molar-refractivity contribution in [2.45, 2.75) is 16.5 Å². The molecule has 6 heteroatoms. The lowest BCUT2D eigenvalue weighted by molar-refractivity contribution is 0.568. The molecule has 5 rings (SSSR count). The van der Waals surface area contributed by atoms with Crippen LogP contribution in [0.15, 0.2) is 70.5 Å². The van der Waals surface area contributed by atoms with E-state index in [1.807, 2.05) is 4.68 Å². The minimum absolute atomic E-state index is 0.636. The van der Waals surface area contributed by atoms with E-state index in [2.05, 4.69) is 88.1 Å². The molecule has 0 amide bonds. The topological polar surface area (TPSA) is 35.6 Å². The lowest BCUT2D eigenvalue weighted by Gasteiger charge is -2.09. The number of aromatic nitrogens is 4. The Bertz CT molecular complexity index is 1230. The summed E-state index contributed by atoms with van der Waals surface area (Å²) in [7, 11) is 0. The van der Waals surface area contributed by atoms with Gasteiger partial charge in [-0.25, -0.2) is 4.68 Å². The number of hydrogen-bond donors (Lipinski definition) is 0. The standard InChI is InChI=1S/C21H18N4S2/c1-26-20-11-16-19(12-21(20)27-2)25(23-22-16)13-24-17-9-5-3-7-14(17)15-8-4-6-10-18(15)24/h3-12H,13H2,1-2H3. The third-order valence-electron chi connectivity index (χ3n) is 4.97. The van der Waals surface area contributed by atoms with Gasteiger partial charge in [0.05, 0.1) is 16.6 Å². The fraction of sp³-hybridized carbons (Fsp3) is 0.143. The van der Waals surface area contributed by atoms with Crippen LogP contribution in [0.25, 0.3) is 32.8 Å². The van der Waals surface area contributed by atoms with Crippen molar-refractivity contribution in [3.63, 3.8) is 0 Å². The third kappa shape index (κ3) is 2.63. The first-order chi connectivity index (χ1) is 13.3. The predicted octanol–water partition coefficient (Wildman–Crippen LogP) is 5.49. The second kappa shape index (κ2) is 6.62. The van der Waals surface area contributed by atoms with E-state index in [-0.39, 0.29) is 0 Å². The van der Waals surface area contributed by atoms with Crippen LogP contribution in [0.4, 0.5) is 0 Å². The Morgan fingerprint density at radius 3 is 2.00 bits per heavy atom. The highest BCUT2D eigenvalue weighted by atomic mass is 32.2. The van der Waals surface area contributed by atoms with E-state index in [0.717, 1.165) is 11.0 Å². The maximum atomic E-state index is 4.46. The van der Waals surface area contributed by atoms with Crippen molar-refractivity contribution in [2.75, 3.05) is 12.5 Å². The van der Waals surface area contributed by atoms with E-state index >= 15 is 0 Å². The number of hydrogen-bond acceptors (Lipinski definition) is 4. The molecular formula is C21H18N4S2. The summed E-state index contributed by atoms with van der Waals surface area (Å²) in [6, 6.07) is 21.4. The Morgan fingerprint density at radius 1 is 0.778 bits per heavy atom. The van der Waals surface area contributed by atoms with E-state index < -0.39 is 0 Å². The van der Waals surface area contributed by atoms with Gasteiger partial charge in [-0.05, 0) is 36.8 Å². The number of nitrogens with zero attached hydrogens (tertiary/aromatic N) is 4. The van der Waals surface area contributed by atoms with Gasteiger partial charge in [0.25, 0.3) is 0 Å². The quantitative estimate of drug-likeness (QED) is 0.380. The van der Waals surface area contributed by atoms with Crippen LogP contribution in [-0.4, -0.2) is 32.1 Å². The smallest absolute Gasteiger partial charge is 0.119 e. The second-order valence-corrected chi connectivity index (χ2v) is 8.08. The van der Waals surface area contributed by atoms with Gasteiger partial charge in [-0.2, -0.15) is 0 Å². The summed E-state index contributed by atoms with van der Waals surface area (Å²) in [5.74, 6) is 0. The van der Waals surface area contributed by atoms with Crippen molar-refractivity contribution in [3.8, 4) is 0 Å². The maximum Gasteiger partial charge on any atom is 0.119 e. The molecule has 0 saturated carbocycles. The molecule has 0 unspecified atom stereocenters. The van der Waals surface area contributed by atoms with Crippen LogP contribution in [0.1, 0.15) is 0 Å². The first kappa shape index (κ1) is 16.7. The molecule has 27 heavy (non-hydrogen) atoms. The van der Waals surface area contributed by atoms with Gasteiger partial charge in [0.2, 0.25) is 0 Å². The fourth-order valence-electron chi connectivity index (χ4n) is 3.69. The van der Waals surface area contributed by atoms with Crippen molar-refractivity contribution in [1.82, 2.24) is 19.6 Å². The molecule has 0 aliphatic rings. The van der Waals surface area contributed by atoms with Crippen LogP contribution in [0.3, 0.4) is 0 Å². The highest BCUT2D eigenvalue weighted by Gasteiger charge is 2.14. The summed E-state index contributed by atoms with van der Waals surface area (Å²) in [4.78, 5) is 2.51. The normalized spacial score (nSPS) is 11.8.